The number of hydrogen-bond donors (Lipinski definition) is 1. The van der Waals surface area contributed by atoms with Crippen molar-refractivity contribution in [2.24, 2.45) is 11.8 Å². The molecule has 1 aromatic carbocycles. The largest absolute Gasteiger partial charge is 0.314 e. The lowest BCUT2D eigenvalue weighted by atomic mass is 9.83. The summed E-state index contributed by atoms with van der Waals surface area (Å²) in [5.74, 6) is 1.50. The highest BCUT2D eigenvalue weighted by Gasteiger charge is 2.24. The van der Waals surface area contributed by atoms with Crippen molar-refractivity contribution in [1.82, 2.24) is 5.32 Å². The van der Waals surface area contributed by atoms with Crippen LogP contribution in [0.2, 0.25) is 10.0 Å². The lowest BCUT2D eigenvalue weighted by molar-refractivity contribution is 0.291. The first-order valence-electron chi connectivity index (χ1n) is 8.23. The van der Waals surface area contributed by atoms with Crippen molar-refractivity contribution in [3.63, 3.8) is 0 Å². The third kappa shape index (κ3) is 5.47. The van der Waals surface area contributed by atoms with E-state index < -0.39 is 0 Å². The predicted molar refractivity (Wildman–Crippen MR) is 93.4 cm³/mol. The summed E-state index contributed by atoms with van der Waals surface area (Å²) in [6, 6.07) is 6.49. The number of hydrogen-bond acceptors (Lipinski definition) is 1. The van der Waals surface area contributed by atoms with Gasteiger partial charge in [-0.2, -0.15) is 0 Å². The van der Waals surface area contributed by atoms with Crippen molar-refractivity contribution in [3.05, 3.63) is 33.8 Å². The fourth-order valence-electron chi connectivity index (χ4n) is 3.36. The maximum Gasteiger partial charge on any atom is 0.0452 e. The van der Waals surface area contributed by atoms with Crippen LogP contribution in [0.1, 0.15) is 51.5 Å². The molecular weight excluding hydrogens is 301 g/mol. The van der Waals surface area contributed by atoms with E-state index in [-0.39, 0.29) is 0 Å². The van der Waals surface area contributed by atoms with E-state index in [1.807, 2.05) is 12.1 Å². The summed E-state index contributed by atoms with van der Waals surface area (Å²) in [4.78, 5) is 0. The molecule has 0 aromatic heterocycles. The van der Waals surface area contributed by atoms with Gasteiger partial charge in [0.2, 0.25) is 0 Å². The van der Waals surface area contributed by atoms with Gasteiger partial charge in [0.05, 0.1) is 0 Å². The zero-order valence-corrected chi connectivity index (χ0v) is 14.7. The van der Waals surface area contributed by atoms with Crippen LogP contribution >= 0.6 is 23.2 Å². The Balaban J connectivity index is 2.05. The molecule has 1 aromatic rings. The second-order valence-corrected chi connectivity index (χ2v) is 7.50. The van der Waals surface area contributed by atoms with Gasteiger partial charge < -0.3 is 5.32 Å². The van der Waals surface area contributed by atoms with Crippen molar-refractivity contribution in [2.75, 3.05) is 6.54 Å². The fourth-order valence-corrected chi connectivity index (χ4v) is 3.84. The minimum atomic E-state index is 0.563. The summed E-state index contributed by atoms with van der Waals surface area (Å²) < 4.78 is 0. The van der Waals surface area contributed by atoms with Gasteiger partial charge in [-0.1, -0.05) is 62.4 Å². The molecule has 1 saturated carbocycles. The van der Waals surface area contributed by atoms with Gasteiger partial charge in [0.15, 0.2) is 0 Å². The second-order valence-electron chi connectivity index (χ2n) is 6.66. The average molecular weight is 328 g/mol. The van der Waals surface area contributed by atoms with Crippen molar-refractivity contribution in [1.29, 1.82) is 0 Å². The Morgan fingerprint density at radius 3 is 2.48 bits per heavy atom. The predicted octanol–water partition coefficient (Wildman–Crippen LogP) is 5.73. The van der Waals surface area contributed by atoms with Crippen molar-refractivity contribution in [3.8, 4) is 0 Å². The van der Waals surface area contributed by atoms with E-state index in [1.165, 1.54) is 37.7 Å². The van der Waals surface area contributed by atoms with Crippen LogP contribution in [0, 0.1) is 11.8 Å². The topological polar surface area (TPSA) is 12.0 Å². The Bertz CT molecular complexity index is 445. The molecule has 2 atom stereocenters. The Kier molecular flexibility index (Phi) is 6.85. The molecule has 1 nitrogen and oxygen atoms in total. The first-order chi connectivity index (χ1) is 10.1. The molecule has 0 spiro atoms. The molecule has 0 aliphatic heterocycles. The van der Waals surface area contributed by atoms with Gasteiger partial charge >= 0.3 is 0 Å². The summed E-state index contributed by atoms with van der Waals surface area (Å²) >= 11 is 12.4. The van der Waals surface area contributed by atoms with Crippen LogP contribution in [0.15, 0.2) is 18.2 Å². The van der Waals surface area contributed by atoms with E-state index in [9.17, 15) is 0 Å². The molecule has 1 aliphatic rings. The quantitative estimate of drug-likeness (QED) is 0.681. The molecule has 0 amide bonds. The fraction of sp³-hybridized carbons (Fsp3) is 0.667. The van der Waals surface area contributed by atoms with Crippen LogP contribution < -0.4 is 5.32 Å². The monoisotopic (exact) mass is 327 g/mol. The van der Waals surface area contributed by atoms with Gasteiger partial charge in [0.25, 0.3) is 0 Å². The first kappa shape index (κ1) is 17.1. The highest BCUT2D eigenvalue weighted by molar-refractivity contribution is 6.35. The van der Waals surface area contributed by atoms with Crippen LogP contribution in [0.25, 0.3) is 0 Å². The SMILES string of the molecule is CC(C)NCC1CCCCCC1Cc1ccc(Cl)cc1Cl. The van der Waals surface area contributed by atoms with Crippen molar-refractivity contribution in [2.45, 2.75) is 58.4 Å². The molecule has 1 fully saturated rings. The molecule has 0 radical (unpaired) electrons. The van der Waals surface area contributed by atoms with Crippen LogP contribution in [-0.2, 0) is 6.42 Å². The molecule has 2 unspecified atom stereocenters. The van der Waals surface area contributed by atoms with Crippen LogP contribution in [0.4, 0.5) is 0 Å². The van der Waals surface area contributed by atoms with Gasteiger partial charge in [0, 0.05) is 16.1 Å². The minimum Gasteiger partial charge on any atom is -0.314 e. The van der Waals surface area contributed by atoms with Crippen molar-refractivity contribution >= 4 is 23.2 Å². The standard InChI is InChI=1S/C18H27Cl2N/c1-13(2)21-12-16-7-5-3-4-6-14(16)10-15-8-9-17(19)11-18(15)20/h8-9,11,13-14,16,21H,3-7,10,12H2,1-2H3. The highest BCUT2D eigenvalue weighted by atomic mass is 35.5. The van der Waals surface area contributed by atoms with Gasteiger partial charge in [-0.05, 0) is 55.3 Å². The third-order valence-corrected chi connectivity index (χ3v) is 5.19. The summed E-state index contributed by atoms with van der Waals surface area (Å²) in [5, 5.41) is 5.17. The number of nitrogens with one attached hydrogen (secondary N) is 1. The number of halogens is 2. The smallest absolute Gasteiger partial charge is 0.0452 e. The first-order valence-corrected chi connectivity index (χ1v) is 8.99. The molecule has 0 heterocycles. The normalized spacial score (nSPS) is 23.3. The molecular formula is C18H27Cl2N. The summed E-state index contributed by atoms with van der Waals surface area (Å²) in [6.45, 7) is 5.58. The molecule has 0 saturated heterocycles. The zero-order valence-electron chi connectivity index (χ0n) is 13.2. The zero-order chi connectivity index (χ0) is 15.2. The van der Waals surface area contributed by atoms with Gasteiger partial charge in [-0.25, -0.2) is 0 Å². The molecule has 118 valence electrons. The van der Waals surface area contributed by atoms with Crippen LogP contribution in [0.3, 0.4) is 0 Å². The van der Waals surface area contributed by atoms with Crippen LogP contribution in [-0.4, -0.2) is 12.6 Å². The lowest BCUT2D eigenvalue weighted by Gasteiger charge is -2.27. The number of benzene rings is 1. The van der Waals surface area contributed by atoms with Crippen molar-refractivity contribution < 1.29 is 0 Å². The molecule has 2 rings (SSSR count). The van der Waals surface area contributed by atoms with Gasteiger partial charge in [-0.15, -0.1) is 0 Å². The van der Waals surface area contributed by atoms with E-state index in [0.717, 1.165) is 34.8 Å². The second kappa shape index (κ2) is 8.41. The molecule has 1 N–H and O–H groups in total. The Hall–Kier alpha value is -0.240. The summed E-state index contributed by atoms with van der Waals surface area (Å²) in [7, 11) is 0. The van der Waals surface area contributed by atoms with E-state index >= 15 is 0 Å². The Morgan fingerprint density at radius 1 is 1.10 bits per heavy atom. The lowest BCUT2D eigenvalue weighted by Crippen LogP contribution is -2.33. The van der Waals surface area contributed by atoms with Crippen LogP contribution in [0.5, 0.6) is 0 Å². The molecule has 0 bridgehead atoms. The Morgan fingerprint density at radius 2 is 1.81 bits per heavy atom. The van der Waals surface area contributed by atoms with E-state index in [0.29, 0.717) is 6.04 Å². The summed E-state index contributed by atoms with van der Waals surface area (Å²) in [5.41, 5.74) is 1.25. The molecule has 21 heavy (non-hydrogen) atoms. The van der Waals surface area contributed by atoms with E-state index in [1.54, 1.807) is 0 Å². The van der Waals surface area contributed by atoms with Gasteiger partial charge in [-0.3, -0.25) is 0 Å². The Labute approximate surface area is 139 Å². The number of rotatable bonds is 5. The van der Waals surface area contributed by atoms with Gasteiger partial charge in [0.1, 0.15) is 0 Å². The highest BCUT2D eigenvalue weighted by Crippen LogP contribution is 2.33. The van der Waals surface area contributed by atoms with E-state index in [2.05, 4.69) is 25.2 Å². The van der Waals surface area contributed by atoms with E-state index in [4.69, 9.17) is 23.2 Å². The minimum absolute atomic E-state index is 0.563. The molecule has 1 aliphatic carbocycles. The maximum atomic E-state index is 6.36. The third-order valence-electron chi connectivity index (χ3n) is 4.60. The maximum absolute atomic E-state index is 6.36. The molecule has 3 heteroatoms. The average Bonchev–Trinajstić information content (AvgIpc) is 2.65. The summed E-state index contributed by atoms with van der Waals surface area (Å²) in [6.07, 6.45) is 7.85.